The fraction of sp³-hybridized carbons (Fsp3) is 0.385. The maximum atomic E-state index is 12.4. The Morgan fingerprint density at radius 3 is 2.48 bits per heavy atom. The number of nitrogens with zero attached hydrogens (tertiary/aromatic N) is 2. The molecule has 1 saturated heterocycles. The van der Waals surface area contributed by atoms with E-state index in [1.807, 2.05) is 29.1 Å². The summed E-state index contributed by atoms with van der Waals surface area (Å²) in [5.74, 6) is 0.848. The highest BCUT2D eigenvalue weighted by Gasteiger charge is 2.20. The highest BCUT2D eigenvalue weighted by atomic mass is 32.1. The number of aromatic nitrogens is 1. The average Bonchev–Trinajstić information content (AvgIpc) is 3.33. The van der Waals surface area contributed by atoms with Crippen LogP contribution in [0.3, 0.4) is 0 Å². The molecule has 0 atom stereocenters. The molecule has 1 aliphatic heterocycles. The lowest BCUT2D eigenvalue weighted by atomic mass is 9.93. The van der Waals surface area contributed by atoms with Gasteiger partial charge in [0, 0.05) is 31.8 Å². The van der Waals surface area contributed by atoms with Crippen LogP contribution < -0.4 is 16.0 Å². The number of carbonyl (C=O) groups excluding carboxylic acids is 1. The maximum absolute atomic E-state index is 12.4. The Labute approximate surface area is 198 Å². The minimum atomic E-state index is -0.190. The van der Waals surface area contributed by atoms with Gasteiger partial charge in [0.15, 0.2) is 0 Å². The summed E-state index contributed by atoms with van der Waals surface area (Å²) in [5.41, 5.74) is 8.89. The van der Waals surface area contributed by atoms with Crippen molar-refractivity contribution >= 4 is 17.2 Å². The molecule has 1 amide bonds. The van der Waals surface area contributed by atoms with Crippen molar-refractivity contribution < 1.29 is 9.53 Å². The minimum absolute atomic E-state index is 0.0471. The van der Waals surface area contributed by atoms with Crippen molar-refractivity contribution in [3.8, 4) is 5.75 Å². The number of rotatable bonds is 10. The number of hydrogen-bond donors (Lipinski definition) is 1. The van der Waals surface area contributed by atoms with E-state index >= 15 is 0 Å². The summed E-state index contributed by atoms with van der Waals surface area (Å²) in [6.45, 7) is 4.06. The van der Waals surface area contributed by atoms with Gasteiger partial charge in [0.25, 0.3) is 5.56 Å². The van der Waals surface area contributed by atoms with Crippen molar-refractivity contribution in [2.24, 2.45) is 11.7 Å². The number of amides is 1. The first-order valence-electron chi connectivity index (χ1n) is 11.5. The quantitative estimate of drug-likeness (QED) is 0.494. The summed E-state index contributed by atoms with van der Waals surface area (Å²) in [7, 11) is 0. The van der Waals surface area contributed by atoms with Gasteiger partial charge in [-0.25, -0.2) is 0 Å². The molecule has 0 bridgehead atoms. The van der Waals surface area contributed by atoms with E-state index in [2.05, 4.69) is 29.2 Å². The van der Waals surface area contributed by atoms with E-state index in [1.54, 1.807) is 22.0 Å². The Bertz CT molecular complexity index is 1080. The van der Waals surface area contributed by atoms with Crippen LogP contribution in [0.4, 0.5) is 0 Å². The van der Waals surface area contributed by atoms with Crippen LogP contribution in [0.1, 0.15) is 36.0 Å². The second-order valence-electron chi connectivity index (χ2n) is 8.77. The van der Waals surface area contributed by atoms with Gasteiger partial charge in [0.1, 0.15) is 12.4 Å². The van der Waals surface area contributed by atoms with E-state index in [0.29, 0.717) is 31.2 Å². The summed E-state index contributed by atoms with van der Waals surface area (Å²) < 4.78 is 7.44. The molecule has 0 radical (unpaired) electrons. The first kappa shape index (κ1) is 23.3. The Balaban J connectivity index is 1.23. The third-order valence-corrected chi connectivity index (χ3v) is 6.95. The molecule has 174 valence electrons. The van der Waals surface area contributed by atoms with Crippen LogP contribution in [0.15, 0.2) is 64.2 Å². The molecule has 0 unspecified atom stereocenters. The summed E-state index contributed by atoms with van der Waals surface area (Å²) in [5, 5.41) is 4.06. The Morgan fingerprint density at radius 2 is 1.82 bits per heavy atom. The lowest BCUT2D eigenvalue weighted by Gasteiger charge is -2.31. The van der Waals surface area contributed by atoms with Crippen LogP contribution in [-0.4, -0.2) is 28.5 Å². The van der Waals surface area contributed by atoms with Crippen molar-refractivity contribution in [3.63, 3.8) is 0 Å². The average molecular weight is 466 g/mol. The number of hydrogen-bond acceptors (Lipinski definition) is 5. The van der Waals surface area contributed by atoms with Crippen molar-refractivity contribution in [2.45, 2.75) is 45.4 Å². The third kappa shape index (κ3) is 7.04. The number of ether oxygens (including phenoxy) is 1. The molecule has 4 rings (SSSR count). The zero-order valence-corrected chi connectivity index (χ0v) is 19.6. The summed E-state index contributed by atoms with van der Waals surface area (Å²) >= 11 is 1.63. The third-order valence-electron chi connectivity index (χ3n) is 6.22. The van der Waals surface area contributed by atoms with Gasteiger partial charge >= 0.3 is 0 Å². The second kappa shape index (κ2) is 11.3. The van der Waals surface area contributed by atoms with E-state index in [0.717, 1.165) is 44.5 Å². The van der Waals surface area contributed by atoms with Crippen molar-refractivity contribution in [1.82, 2.24) is 9.47 Å². The number of likely N-dealkylation sites (tertiary alicyclic amines) is 1. The SMILES string of the molecule is NC(=O)CC1CCN(Cc2ccc(CCn3ccc(OCc4ccsc4)cc3=O)cc2)CC1. The van der Waals surface area contributed by atoms with Crippen LogP contribution in [-0.2, 0) is 30.9 Å². The molecule has 1 aromatic carbocycles. The van der Waals surface area contributed by atoms with Gasteiger partial charge in [-0.15, -0.1) is 0 Å². The summed E-state index contributed by atoms with van der Waals surface area (Å²) in [4.78, 5) is 26.0. The lowest BCUT2D eigenvalue weighted by molar-refractivity contribution is -0.119. The Kier molecular flexibility index (Phi) is 7.96. The van der Waals surface area contributed by atoms with Crippen molar-refractivity contribution in [1.29, 1.82) is 0 Å². The zero-order valence-electron chi connectivity index (χ0n) is 18.8. The first-order valence-corrected chi connectivity index (χ1v) is 12.4. The van der Waals surface area contributed by atoms with Gasteiger partial charge in [0.05, 0.1) is 0 Å². The largest absolute Gasteiger partial charge is 0.489 e. The van der Waals surface area contributed by atoms with Crippen LogP contribution in [0.25, 0.3) is 0 Å². The van der Waals surface area contributed by atoms with Crippen LogP contribution in [0, 0.1) is 5.92 Å². The molecule has 3 aromatic rings. The molecule has 2 N–H and O–H groups in total. The first-order chi connectivity index (χ1) is 16.0. The maximum Gasteiger partial charge on any atom is 0.254 e. The van der Waals surface area contributed by atoms with Gasteiger partial charge < -0.3 is 15.0 Å². The van der Waals surface area contributed by atoms with E-state index in [-0.39, 0.29) is 11.5 Å². The Morgan fingerprint density at radius 1 is 1.06 bits per heavy atom. The Hall–Kier alpha value is -2.90. The number of pyridine rings is 1. The number of nitrogens with two attached hydrogens (primary N) is 1. The van der Waals surface area contributed by atoms with Crippen molar-refractivity contribution in [2.75, 3.05) is 13.1 Å². The molecule has 1 fully saturated rings. The molecular weight excluding hydrogens is 434 g/mol. The van der Waals surface area contributed by atoms with Gasteiger partial charge in [-0.3, -0.25) is 14.5 Å². The van der Waals surface area contributed by atoms with Gasteiger partial charge in [-0.2, -0.15) is 11.3 Å². The molecule has 0 aliphatic carbocycles. The summed E-state index contributed by atoms with van der Waals surface area (Å²) in [6, 6.07) is 14.1. The molecule has 6 nitrogen and oxygen atoms in total. The predicted molar refractivity (Wildman–Crippen MR) is 131 cm³/mol. The van der Waals surface area contributed by atoms with E-state index < -0.39 is 0 Å². The molecule has 0 saturated carbocycles. The van der Waals surface area contributed by atoms with Crippen molar-refractivity contribution in [3.05, 3.63) is 86.5 Å². The number of benzene rings is 1. The van der Waals surface area contributed by atoms with E-state index in [1.165, 1.54) is 11.1 Å². The number of aryl methyl sites for hydroxylation is 2. The summed E-state index contributed by atoms with van der Waals surface area (Å²) in [6.07, 6.45) is 5.19. The van der Waals surface area contributed by atoms with Crippen LogP contribution in [0.5, 0.6) is 5.75 Å². The molecule has 1 aliphatic rings. The smallest absolute Gasteiger partial charge is 0.254 e. The number of carbonyl (C=O) groups is 1. The topological polar surface area (TPSA) is 77.6 Å². The number of piperidine rings is 1. The van der Waals surface area contributed by atoms with Gasteiger partial charge in [0.2, 0.25) is 5.91 Å². The molecule has 3 heterocycles. The monoisotopic (exact) mass is 465 g/mol. The number of primary amides is 1. The predicted octanol–water partition coefficient (Wildman–Crippen LogP) is 3.82. The van der Waals surface area contributed by atoms with Gasteiger partial charge in [-0.05, 0) is 77.9 Å². The second-order valence-corrected chi connectivity index (χ2v) is 9.55. The minimum Gasteiger partial charge on any atom is -0.489 e. The van der Waals surface area contributed by atoms with Crippen LogP contribution >= 0.6 is 11.3 Å². The molecular formula is C26H31N3O3S. The molecule has 0 spiro atoms. The highest BCUT2D eigenvalue weighted by Crippen LogP contribution is 2.21. The zero-order chi connectivity index (χ0) is 23.0. The molecule has 33 heavy (non-hydrogen) atoms. The number of thiophene rings is 1. The fourth-order valence-corrected chi connectivity index (χ4v) is 4.91. The highest BCUT2D eigenvalue weighted by molar-refractivity contribution is 7.07. The van der Waals surface area contributed by atoms with Gasteiger partial charge in [-0.1, -0.05) is 24.3 Å². The van der Waals surface area contributed by atoms with Crippen LogP contribution in [0.2, 0.25) is 0 Å². The normalized spacial score (nSPS) is 14.9. The molecule has 7 heteroatoms. The lowest BCUT2D eigenvalue weighted by Crippen LogP contribution is -2.34. The van der Waals surface area contributed by atoms with E-state index in [9.17, 15) is 9.59 Å². The standard InChI is InChI=1S/C26H31N3O3S/c27-25(30)15-21-5-10-28(11-6-21)17-22-3-1-20(2-4-22)7-12-29-13-8-24(16-26(29)31)32-18-23-9-14-33-19-23/h1-4,8-9,13-14,16,19,21H,5-7,10-12,15,17-18H2,(H2,27,30). The molecule has 2 aromatic heterocycles. The fourth-order valence-electron chi connectivity index (χ4n) is 4.26. The van der Waals surface area contributed by atoms with E-state index in [4.69, 9.17) is 10.5 Å².